The van der Waals surface area contributed by atoms with E-state index in [1.54, 1.807) is 12.1 Å². The lowest BCUT2D eigenvalue weighted by atomic mass is 10.3. The maximum Gasteiger partial charge on any atom is 0.254 e. The molecule has 0 aliphatic carbocycles. The number of fused-ring (bicyclic) bond motifs is 1. The molecule has 0 bridgehead atoms. The van der Waals surface area contributed by atoms with Gasteiger partial charge >= 0.3 is 0 Å². The highest BCUT2D eigenvalue weighted by Gasteiger charge is 2.21. The van der Waals surface area contributed by atoms with Crippen molar-refractivity contribution in [2.24, 2.45) is 5.14 Å². The topological polar surface area (TPSA) is 161 Å². The monoisotopic (exact) mass is 367 g/mol. The number of halogens is 1. The zero-order valence-corrected chi connectivity index (χ0v) is 14.4. The minimum atomic E-state index is -4.94. The molecule has 0 radical (unpaired) electrons. The smallest absolute Gasteiger partial charge is 0.228 e. The van der Waals surface area contributed by atoms with Crippen LogP contribution in [0.1, 0.15) is 19.7 Å². The van der Waals surface area contributed by atoms with Crippen LogP contribution in [0.5, 0.6) is 0 Å². The van der Waals surface area contributed by atoms with E-state index < -0.39 is 20.3 Å². The number of aryl methyl sites for hydroxylation is 2. The highest BCUT2D eigenvalue weighted by molar-refractivity contribution is 7.89. The average molecular weight is 368 g/mol. The van der Waals surface area contributed by atoms with Crippen LogP contribution in [0.2, 0.25) is 0 Å². The first-order valence-corrected chi connectivity index (χ1v) is 9.35. The molecule has 1 heterocycles. The Balaban J connectivity index is 0.000000463. The van der Waals surface area contributed by atoms with Gasteiger partial charge in [0.1, 0.15) is 0 Å². The Labute approximate surface area is 136 Å². The molecular formula is C12H18ClN3O6S. The van der Waals surface area contributed by atoms with E-state index in [1.807, 2.05) is 19.9 Å². The van der Waals surface area contributed by atoms with Gasteiger partial charge in [-0.1, -0.05) is 0 Å². The Morgan fingerprint density at radius 1 is 1.22 bits per heavy atom. The molecule has 1 aromatic carbocycles. The largest absolute Gasteiger partial charge is 0.254 e. The lowest BCUT2D eigenvalue weighted by Gasteiger charge is -2.17. The Kier molecular flexibility index (Phi) is 6.10. The van der Waals surface area contributed by atoms with Gasteiger partial charge in [-0.3, -0.25) is 0 Å². The number of rotatable bonds is 3. The van der Waals surface area contributed by atoms with Gasteiger partial charge in [-0.05, 0) is 26.0 Å². The van der Waals surface area contributed by atoms with E-state index in [0.717, 1.165) is 29.9 Å². The highest BCUT2D eigenvalue weighted by Crippen LogP contribution is 2.18. The molecule has 0 aliphatic heterocycles. The van der Waals surface area contributed by atoms with E-state index in [4.69, 9.17) is 23.8 Å². The summed E-state index contributed by atoms with van der Waals surface area (Å²) in [6.45, 7) is 7.78. The van der Waals surface area contributed by atoms with Gasteiger partial charge in [0.25, 0.3) is 5.82 Å². The molecule has 11 heteroatoms. The van der Waals surface area contributed by atoms with Crippen LogP contribution in [0.4, 0.5) is 0 Å². The number of nitrogens with zero attached hydrogens (tertiary/aromatic N) is 2. The molecule has 0 saturated heterocycles. The molecule has 2 aromatic rings. The van der Waals surface area contributed by atoms with Crippen molar-refractivity contribution in [3.05, 3.63) is 24.0 Å². The molecule has 0 atom stereocenters. The maximum absolute atomic E-state index is 11.4. The van der Waals surface area contributed by atoms with Crippen molar-refractivity contribution in [1.29, 1.82) is 0 Å². The maximum atomic E-state index is 11.4. The summed E-state index contributed by atoms with van der Waals surface area (Å²) < 4.78 is 61.0. The summed E-state index contributed by atoms with van der Waals surface area (Å²) >= 11 is 0. The van der Waals surface area contributed by atoms with Gasteiger partial charge in [-0.25, -0.2) is 41.3 Å². The van der Waals surface area contributed by atoms with Crippen molar-refractivity contribution in [2.45, 2.75) is 38.8 Å². The summed E-state index contributed by atoms with van der Waals surface area (Å²) in [6.07, 6.45) is 0. The number of hydrogen-bond donors (Lipinski definition) is 1. The average Bonchev–Trinajstić information content (AvgIpc) is 2.65. The third-order valence-corrected chi connectivity index (χ3v) is 4.18. The second-order valence-electron chi connectivity index (χ2n) is 4.61. The quantitative estimate of drug-likeness (QED) is 0.546. The number of primary sulfonamides is 1. The van der Waals surface area contributed by atoms with E-state index >= 15 is 0 Å². The minimum absolute atomic E-state index is 0.158. The van der Waals surface area contributed by atoms with Crippen molar-refractivity contribution < 1.29 is 41.9 Å². The van der Waals surface area contributed by atoms with Crippen molar-refractivity contribution in [1.82, 2.24) is 4.57 Å². The van der Waals surface area contributed by atoms with Gasteiger partial charge in [-0.2, -0.15) is 0 Å². The number of hydrogen-bond acceptors (Lipinski definition) is 6. The molecule has 0 spiro atoms. The van der Waals surface area contributed by atoms with Crippen molar-refractivity contribution >= 4 is 21.1 Å². The van der Waals surface area contributed by atoms with Gasteiger partial charge < -0.3 is 0 Å². The molecule has 1 aromatic heterocycles. The summed E-state index contributed by atoms with van der Waals surface area (Å²) in [5.41, 5.74) is 1.94. The number of imidazole rings is 1. The van der Waals surface area contributed by atoms with Crippen LogP contribution < -0.4 is 28.3 Å². The number of aromatic nitrogens is 2. The molecule has 9 nitrogen and oxygen atoms in total. The van der Waals surface area contributed by atoms with Crippen LogP contribution in [-0.2, 0) is 23.1 Å². The molecule has 23 heavy (non-hydrogen) atoms. The zero-order valence-electron chi connectivity index (χ0n) is 12.9. The second kappa shape index (κ2) is 7.09. The molecule has 0 amide bonds. The predicted molar refractivity (Wildman–Crippen MR) is 69.6 cm³/mol. The molecular weight excluding hydrogens is 350 g/mol. The molecule has 130 valence electrons. The van der Waals surface area contributed by atoms with Crippen LogP contribution in [0.3, 0.4) is 0 Å². The predicted octanol–water partition coefficient (Wildman–Crippen LogP) is -3.83. The Bertz CT molecular complexity index is 791. The fraction of sp³-hybridized carbons (Fsp3) is 0.417. The van der Waals surface area contributed by atoms with E-state index in [1.165, 1.54) is 0 Å². The minimum Gasteiger partial charge on any atom is -0.228 e. The summed E-state index contributed by atoms with van der Waals surface area (Å²) in [6, 6.07) is 5.02. The fourth-order valence-electron chi connectivity index (χ4n) is 2.42. The standard InChI is InChI=1S/C12H18N3O2S.ClHO4/c1-4-14-9(3)15(5-2)12-8-10(18(13,16)17)6-7-11(12)14;2-1(3,4)5/h6-8H,4-5H2,1-3H3,(H2,13,16,17);(H,2,3,4,5)/q+1;/p-1. The van der Waals surface area contributed by atoms with Gasteiger partial charge in [0, 0.05) is 13.0 Å². The van der Waals surface area contributed by atoms with E-state index in [9.17, 15) is 8.42 Å². The fourth-order valence-corrected chi connectivity index (χ4v) is 2.95. The van der Waals surface area contributed by atoms with Crippen LogP contribution in [0.15, 0.2) is 23.1 Å². The lowest BCUT2D eigenvalue weighted by molar-refractivity contribution is -2.00. The van der Waals surface area contributed by atoms with Crippen molar-refractivity contribution in [3.63, 3.8) is 0 Å². The molecule has 0 fully saturated rings. The number of benzene rings is 1. The summed E-state index contributed by atoms with van der Waals surface area (Å²) in [5.74, 6) is 1.11. The van der Waals surface area contributed by atoms with Gasteiger partial charge in [0.15, 0.2) is 11.0 Å². The Morgan fingerprint density at radius 3 is 2.13 bits per heavy atom. The first kappa shape index (κ1) is 19.8. The number of sulfonamides is 1. The van der Waals surface area contributed by atoms with Crippen LogP contribution in [0, 0.1) is 17.2 Å². The Morgan fingerprint density at radius 2 is 1.74 bits per heavy atom. The van der Waals surface area contributed by atoms with E-state index in [-0.39, 0.29) is 4.90 Å². The second-order valence-corrected chi connectivity index (χ2v) is 6.93. The van der Waals surface area contributed by atoms with E-state index in [2.05, 4.69) is 16.1 Å². The third-order valence-electron chi connectivity index (χ3n) is 3.27. The first-order valence-electron chi connectivity index (χ1n) is 6.57. The Hall–Kier alpha value is -1.27. The zero-order chi connectivity index (χ0) is 18.0. The van der Waals surface area contributed by atoms with Crippen LogP contribution in [-0.4, -0.2) is 13.0 Å². The summed E-state index contributed by atoms with van der Waals surface area (Å²) in [7, 11) is -8.60. The summed E-state index contributed by atoms with van der Waals surface area (Å²) in [5, 5.41) is 5.17. The highest BCUT2D eigenvalue weighted by atomic mass is 35.7. The van der Waals surface area contributed by atoms with Gasteiger partial charge in [0.05, 0.1) is 18.0 Å². The first-order chi connectivity index (χ1) is 10.4. The van der Waals surface area contributed by atoms with E-state index in [0.29, 0.717) is 0 Å². The summed E-state index contributed by atoms with van der Waals surface area (Å²) in [4.78, 5) is 0.158. The van der Waals surface area contributed by atoms with Gasteiger partial charge in [0.2, 0.25) is 10.0 Å². The molecule has 0 unspecified atom stereocenters. The van der Waals surface area contributed by atoms with Crippen molar-refractivity contribution in [2.75, 3.05) is 0 Å². The molecule has 2 rings (SSSR count). The lowest BCUT2D eigenvalue weighted by Crippen LogP contribution is -2.68. The molecule has 2 N–H and O–H groups in total. The molecule has 0 saturated carbocycles. The van der Waals surface area contributed by atoms with Crippen molar-refractivity contribution in [3.8, 4) is 0 Å². The van der Waals surface area contributed by atoms with Crippen LogP contribution in [0.25, 0.3) is 11.0 Å². The van der Waals surface area contributed by atoms with Gasteiger partial charge in [-0.15, -0.1) is 10.2 Å². The molecule has 0 aliphatic rings. The SMILES string of the molecule is CCn1c(C)[n+](CC)c2ccc(S(N)(=O)=O)cc21.[O-][Cl+3]([O-])([O-])[O-]. The normalized spacial score (nSPS) is 12.2. The third kappa shape index (κ3) is 5.11. The number of nitrogens with two attached hydrogens (primary N) is 1. The van der Waals surface area contributed by atoms with Crippen LogP contribution >= 0.6 is 0 Å².